The number of nitrogens with zero attached hydrogens (tertiary/aromatic N) is 1. The summed E-state index contributed by atoms with van der Waals surface area (Å²) >= 11 is 6.81. The van der Waals surface area contributed by atoms with Crippen LogP contribution in [0.25, 0.3) is 11.3 Å². The molecule has 2 aromatic carbocycles. The second-order valence-electron chi connectivity index (χ2n) is 6.20. The molecule has 0 aliphatic rings. The second-order valence-corrected chi connectivity index (χ2v) is 9.21. The van der Waals surface area contributed by atoms with Gasteiger partial charge in [0.15, 0.2) is 5.13 Å². The summed E-state index contributed by atoms with van der Waals surface area (Å²) in [5, 5.41) is 4.62. The van der Waals surface area contributed by atoms with Crippen molar-refractivity contribution in [3.05, 3.63) is 58.9 Å². The van der Waals surface area contributed by atoms with Gasteiger partial charge in [0, 0.05) is 16.0 Å². The summed E-state index contributed by atoms with van der Waals surface area (Å²) in [5.41, 5.74) is 0.655. The number of hydrogen-bond acceptors (Lipinski definition) is 6. The number of rotatable bonds is 8. The van der Waals surface area contributed by atoms with Gasteiger partial charge in [-0.2, -0.15) is 13.5 Å². The number of sulfonamides is 1. The number of thiazole rings is 1. The van der Waals surface area contributed by atoms with Crippen LogP contribution in [0.2, 0.25) is 5.02 Å². The lowest BCUT2D eigenvalue weighted by molar-refractivity contribution is -0.117. The van der Waals surface area contributed by atoms with E-state index in [1.54, 1.807) is 23.6 Å². The zero-order valence-corrected chi connectivity index (χ0v) is 18.3. The molecule has 12 heteroatoms. The molecule has 1 aromatic heterocycles. The molecule has 7 nitrogen and oxygen atoms in total. The molecular formula is C19H16ClF2N3O4S2. The third-order valence-corrected chi connectivity index (χ3v) is 6.53. The van der Waals surface area contributed by atoms with Gasteiger partial charge in [-0.1, -0.05) is 23.7 Å². The van der Waals surface area contributed by atoms with Crippen LogP contribution in [0.1, 0.15) is 6.92 Å². The third-order valence-electron chi connectivity index (χ3n) is 3.96. The number of hydrogen-bond donors (Lipinski definition) is 2. The summed E-state index contributed by atoms with van der Waals surface area (Å²) in [6, 6.07) is 10.5. The molecule has 0 aliphatic carbocycles. The molecule has 0 radical (unpaired) electrons. The molecule has 164 valence electrons. The number of anilines is 1. The molecule has 1 heterocycles. The van der Waals surface area contributed by atoms with E-state index in [4.69, 9.17) is 11.6 Å². The Balaban J connectivity index is 1.69. The van der Waals surface area contributed by atoms with Crippen molar-refractivity contribution in [2.75, 3.05) is 5.32 Å². The Labute approximate surface area is 186 Å². The average molecular weight is 488 g/mol. The predicted molar refractivity (Wildman–Crippen MR) is 114 cm³/mol. The van der Waals surface area contributed by atoms with Gasteiger partial charge in [-0.15, -0.1) is 11.3 Å². The molecule has 0 bridgehead atoms. The highest BCUT2D eigenvalue weighted by molar-refractivity contribution is 7.89. The maximum Gasteiger partial charge on any atom is 0.387 e. The molecule has 31 heavy (non-hydrogen) atoms. The van der Waals surface area contributed by atoms with Crippen molar-refractivity contribution in [2.24, 2.45) is 0 Å². The van der Waals surface area contributed by atoms with Crippen LogP contribution in [-0.4, -0.2) is 32.0 Å². The van der Waals surface area contributed by atoms with Crippen molar-refractivity contribution < 1.29 is 26.7 Å². The van der Waals surface area contributed by atoms with E-state index >= 15 is 0 Å². The normalized spacial score (nSPS) is 12.5. The standard InChI is InChI=1S/C19H16ClF2N3O4S2/c1-11(25-31(27,28)13-8-6-12(20)7-9-13)17(26)24-19-23-15(10-30-19)14-4-2-3-5-16(14)29-18(21)22/h2-11,18,25H,1H3,(H,23,24,26)/t11-/m0/s1. The number of benzene rings is 2. The topological polar surface area (TPSA) is 97.4 Å². The number of carbonyl (C=O) groups excluding carboxylic acids is 1. The lowest BCUT2D eigenvalue weighted by Crippen LogP contribution is -2.41. The molecule has 1 atom stereocenters. The molecule has 3 rings (SSSR count). The molecule has 0 unspecified atom stereocenters. The number of ether oxygens (including phenoxy) is 1. The fraction of sp³-hybridized carbons (Fsp3) is 0.158. The SMILES string of the molecule is C[C@H](NS(=O)(=O)c1ccc(Cl)cc1)C(=O)Nc1nc(-c2ccccc2OC(F)F)cs1. The van der Waals surface area contributed by atoms with Crippen LogP contribution < -0.4 is 14.8 Å². The van der Waals surface area contributed by atoms with Crippen LogP contribution in [0.3, 0.4) is 0 Å². The van der Waals surface area contributed by atoms with Crippen molar-refractivity contribution in [2.45, 2.75) is 24.5 Å². The van der Waals surface area contributed by atoms with E-state index in [0.717, 1.165) is 11.3 Å². The summed E-state index contributed by atoms with van der Waals surface area (Å²) < 4.78 is 56.8. The number of nitrogens with one attached hydrogen (secondary N) is 2. The number of halogens is 3. The Bertz CT molecular complexity index is 1170. The Morgan fingerprint density at radius 1 is 1.16 bits per heavy atom. The van der Waals surface area contributed by atoms with Gasteiger partial charge >= 0.3 is 6.61 Å². The van der Waals surface area contributed by atoms with Crippen LogP contribution in [0, 0.1) is 0 Å². The maximum atomic E-state index is 12.6. The first-order valence-electron chi connectivity index (χ1n) is 8.74. The fourth-order valence-electron chi connectivity index (χ4n) is 2.51. The second kappa shape index (κ2) is 9.69. The van der Waals surface area contributed by atoms with Gasteiger partial charge in [-0.25, -0.2) is 13.4 Å². The van der Waals surface area contributed by atoms with Gasteiger partial charge in [0.05, 0.1) is 16.6 Å². The quantitative estimate of drug-likeness (QED) is 0.491. The molecule has 2 N–H and O–H groups in total. The Morgan fingerprint density at radius 2 is 1.84 bits per heavy atom. The molecule has 1 amide bonds. The van der Waals surface area contributed by atoms with Crippen LogP contribution in [0.15, 0.2) is 58.8 Å². The average Bonchev–Trinajstić information content (AvgIpc) is 3.16. The highest BCUT2D eigenvalue weighted by Gasteiger charge is 2.23. The lowest BCUT2D eigenvalue weighted by Gasteiger charge is -2.13. The molecular weight excluding hydrogens is 472 g/mol. The van der Waals surface area contributed by atoms with E-state index in [-0.39, 0.29) is 15.8 Å². The Kier molecular flexibility index (Phi) is 7.21. The first kappa shape index (κ1) is 23.1. The summed E-state index contributed by atoms with van der Waals surface area (Å²) in [7, 11) is -3.94. The monoisotopic (exact) mass is 487 g/mol. The molecule has 3 aromatic rings. The van der Waals surface area contributed by atoms with Crippen LogP contribution >= 0.6 is 22.9 Å². The van der Waals surface area contributed by atoms with E-state index in [0.29, 0.717) is 16.3 Å². The smallest absolute Gasteiger partial charge is 0.387 e. The first-order valence-corrected chi connectivity index (χ1v) is 11.5. The zero-order valence-electron chi connectivity index (χ0n) is 15.9. The van der Waals surface area contributed by atoms with Gasteiger partial charge in [-0.05, 0) is 43.3 Å². The lowest BCUT2D eigenvalue weighted by atomic mass is 10.1. The van der Waals surface area contributed by atoms with Gasteiger partial charge in [0.25, 0.3) is 0 Å². The number of amides is 1. The van der Waals surface area contributed by atoms with Gasteiger partial charge in [0.1, 0.15) is 5.75 Å². The summed E-state index contributed by atoms with van der Waals surface area (Å²) in [5.74, 6) is -0.694. The predicted octanol–water partition coefficient (Wildman–Crippen LogP) is 4.37. The molecule has 0 fully saturated rings. The summed E-state index contributed by atoms with van der Waals surface area (Å²) in [6.07, 6.45) is 0. The molecule has 0 spiro atoms. The zero-order chi connectivity index (χ0) is 22.6. The van der Waals surface area contributed by atoms with Crippen LogP contribution in [0.4, 0.5) is 13.9 Å². The first-order chi connectivity index (χ1) is 14.7. The number of carbonyl (C=O) groups is 1. The van der Waals surface area contributed by atoms with E-state index in [9.17, 15) is 22.0 Å². The fourth-order valence-corrected chi connectivity index (χ4v) is 4.56. The van der Waals surface area contributed by atoms with E-state index < -0.39 is 28.6 Å². The Morgan fingerprint density at radius 3 is 2.52 bits per heavy atom. The van der Waals surface area contributed by atoms with Crippen molar-refractivity contribution in [3.63, 3.8) is 0 Å². The van der Waals surface area contributed by atoms with Gasteiger partial charge < -0.3 is 10.1 Å². The molecule has 0 saturated carbocycles. The van der Waals surface area contributed by atoms with Gasteiger partial charge in [-0.3, -0.25) is 4.79 Å². The largest absolute Gasteiger partial charge is 0.434 e. The minimum atomic E-state index is -3.94. The van der Waals surface area contributed by atoms with Crippen molar-refractivity contribution in [1.29, 1.82) is 0 Å². The molecule has 0 aliphatic heterocycles. The number of alkyl halides is 2. The van der Waals surface area contributed by atoms with Crippen LogP contribution in [0.5, 0.6) is 5.75 Å². The minimum Gasteiger partial charge on any atom is -0.434 e. The van der Waals surface area contributed by atoms with Crippen LogP contribution in [-0.2, 0) is 14.8 Å². The maximum absolute atomic E-state index is 12.6. The van der Waals surface area contributed by atoms with E-state index in [1.807, 2.05) is 0 Å². The summed E-state index contributed by atoms with van der Waals surface area (Å²) in [6.45, 7) is -1.61. The third kappa shape index (κ3) is 5.97. The van der Waals surface area contributed by atoms with Gasteiger partial charge in [0.2, 0.25) is 15.9 Å². The van der Waals surface area contributed by atoms with Crippen molar-refractivity contribution in [3.8, 4) is 17.0 Å². The minimum absolute atomic E-state index is 0.0382. The van der Waals surface area contributed by atoms with Crippen molar-refractivity contribution in [1.82, 2.24) is 9.71 Å². The highest BCUT2D eigenvalue weighted by Crippen LogP contribution is 2.33. The molecule has 0 saturated heterocycles. The summed E-state index contributed by atoms with van der Waals surface area (Å²) in [4.78, 5) is 16.6. The highest BCUT2D eigenvalue weighted by atomic mass is 35.5. The Hall–Kier alpha value is -2.60. The number of aromatic nitrogens is 1. The van der Waals surface area contributed by atoms with Crippen molar-refractivity contribution >= 4 is 44.0 Å². The number of para-hydroxylation sites is 1. The van der Waals surface area contributed by atoms with E-state index in [2.05, 4.69) is 19.8 Å². The van der Waals surface area contributed by atoms with E-state index in [1.165, 1.54) is 37.3 Å².